The van der Waals surface area contributed by atoms with Crippen molar-refractivity contribution < 1.29 is 28.7 Å². The van der Waals surface area contributed by atoms with E-state index in [1.807, 2.05) is 54.6 Å². The molecule has 0 saturated heterocycles. The largest absolute Gasteiger partial charge is 0.480 e. The quantitative estimate of drug-likeness (QED) is 0.247. The number of aromatic nitrogens is 1. The Labute approximate surface area is 251 Å². The second-order valence-electron chi connectivity index (χ2n) is 10.5. The van der Waals surface area contributed by atoms with Crippen molar-refractivity contribution in [1.82, 2.24) is 20.5 Å². The first-order chi connectivity index (χ1) is 20.8. The van der Waals surface area contributed by atoms with Crippen LogP contribution in [-0.2, 0) is 24.5 Å². The van der Waals surface area contributed by atoms with Gasteiger partial charge in [-0.25, -0.2) is 4.98 Å². The molecule has 226 valence electrons. The van der Waals surface area contributed by atoms with Crippen LogP contribution in [0.1, 0.15) is 58.6 Å². The van der Waals surface area contributed by atoms with Gasteiger partial charge < -0.3 is 25.0 Å². The number of carbonyl (C=O) groups is 4. The second kappa shape index (κ2) is 14.4. The van der Waals surface area contributed by atoms with Crippen LogP contribution in [0.25, 0.3) is 0 Å². The molecule has 1 aromatic heterocycles. The molecule has 0 saturated carbocycles. The van der Waals surface area contributed by atoms with Gasteiger partial charge in [0.2, 0.25) is 17.7 Å². The summed E-state index contributed by atoms with van der Waals surface area (Å²) in [6.07, 6.45) is 3.07. The van der Waals surface area contributed by atoms with Crippen LogP contribution >= 0.6 is 0 Å². The second-order valence-corrected chi connectivity index (χ2v) is 10.5. The zero-order valence-corrected chi connectivity index (χ0v) is 24.8. The molecule has 0 fully saturated rings. The number of nitrogens with one attached hydrogen (secondary N) is 2. The molecule has 1 aliphatic rings. The van der Waals surface area contributed by atoms with Crippen LogP contribution in [0.15, 0.2) is 72.9 Å². The minimum atomic E-state index is -1.01. The molecule has 0 unspecified atom stereocenters. The number of nitrogens with zero attached hydrogens (tertiary/aromatic N) is 2. The monoisotopic (exact) mass is 586 g/mol. The van der Waals surface area contributed by atoms with Crippen LogP contribution in [0.4, 0.5) is 0 Å². The molecular weight excluding hydrogens is 548 g/mol. The summed E-state index contributed by atoms with van der Waals surface area (Å²) >= 11 is 0. The number of benzene rings is 2. The van der Waals surface area contributed by atoms with Crippen molar-refractivity contribution in [2.75, 3.05) is 40.9 Å². The Balaban J connectivity index is 1.48. The van der Waals surface area contributed by atoms with Crippen LogP contribution in [0.3, 0.4) is 0 Å². The first kappa shape index (κ1) is 31.2. The summed E-state index contributed by atoms with van der Waals surface area (Å²) in [5.74, 6) is -1.11. The highest BCUT2D eigenvalue weighted by molar-refractivity contribution is 5.96. The number of hydrogen-bond donors (Lipinski definition) is 2. The first-order valence-corrected chi connectivity index (χ1v) is 14.4. The van der Waals surface area contributed by atoms with Gasteiger partial charge in [0, 0.05) is 32.9 Å². The number of fused-ring (bicyclic) bond motifs is 1. The highest BCUT2D eigenvalue weighted by atomic mass is 16.5. The first-order valence-electron chi connectivity index (χ1n) is 14.4. The van der Waals surface area contributed by atoms with Gasteiger partial charge >= 0.3 is 5.97 Å². The highest BCUT2D eigenvalue weighted by Crippen LogP contribution is 2.47. The van der Waals surface area contributed by atoms with Gasteiger partial charge in [-0.2, -0.15) is 0 Å². The lowest BCUT2D eigenvalue weighted by Gasteiger charge is -2.41. The summed E-state index contributed by atoms with van der Waals surface area (Å²) < 4.78 is 9.88. The van der Waals surface area contributed by atoms with Crippen molar-refractivity contribution in [3.8, 4) is 5.88 Å². The van der Waals surface area contributed by atoms with E-state index in [1.54, 1.807) is 30.3 Å². The van der Waals surface area contributed by atoms with E-state index in [9.17, 15) is 19.2 Å². The Hall–Kier alpha value is -4.73. The van der Waals surface area contributed by atoms with Crippen molar-refractivity contribution >= 4 is 23.7 Å². The van der Waals surface area contributed by atoms with Crippen molar-refractivity contribution in [2.45, 2.75) is 37.0 Å². The number of methoxy groups -OCH3 is 2. The molecule has 2 N–H and O–H groups in total. The Morgan fingerprint density at radius 3 is 2.44 bits per heavy atom. The lowest BCUT2D eigenvalue weighted by Crippen LogP contribution is -2.49. The molecule has 3 aromatic rings. The van der Waals surface area contributed by atoms with E-state index in [4.69, 9.17) is 9.47 Å². The van der Waals surface area contributed by atoms with Gasteiger partial charge in [-0.3, -0.25) is 19.2 Å². The van der Waals surface area contributed by atoms with Crippen molar-refractivity contribution in [1.29, 1.82) is 0 Å². The van der Waals surface area contributed by atoms with Gasteiger partial charge in [0.25, 0.3) is 5.91 Å². The van der Waals surface area contributed by atoms with E-state index in [-0.39, 0.29) is 36.6 Å². The van der Waals surface area contributed by atoms with Crippen molar-refractivity contribution in [3.63, 3.8) is 0 Å². The van der Waals surface area contributed by atoms with Crippen LogP contribution in [0.2, 0.25) is 0 Å². The topological polar surface area (TPSA) is 127 Å². The molecule has 2 aromatic carbocycles. The van der Waals surface area contributed by atoms with Crippen LogP contribution in [0.5, 0.6) is 5.88 Å². The standard InChI is InChI=1S/C33H38N4O6/c1-37(22-10-20-34-29(39)26-14-9-19-35-30(26)43-3)31(40)25-16-18-33(23-11-5-4-6-12-23,27-15-8-7-13-24(25)27)32(41)36-21-17-28(38)42-2/h4-9,11-15,19,25H,10,16-18,20-22H2,1-3H3,(H,34,39)(H,36,41)/t25-,33+/m1/s1. The van der Waals surface area contributed by atoms with Gasteiger partial charge in [0.1, 0.15) is 5.56 Å². The van der Waals surface area contributed by atoms with Gasteiger partial charge in [-0.15, -0.1) is 0 Å². The zero-order valence-electron chi connectivity index (χ0n) is 24.8. The average molecular weight is 587 g/mol. The molecule has 43 heavy (non-hydrogen) atoms. The molecular formula is C33H38N4O6. The third-order valence-corrected chi connectivity index (χ3v) is 7.94. The predicted octanol–water partition coefficient (Wildman–Crippen LogP) is 3.21. The summed E-state index contributed by atoms with van der Waals surface area (Å²) in [6.45, 7) is 0.968. The van der Waals surface area contributed by atoms with Crippen LogP contribution in [-0.4, -0.2) is 74.5 Å². The molecule has 2 atom stereocenters. The van der Waals surface area contributed by atoms with Crippen molar-refractivity contribution in [2.24, 2.45) is 0 Å². The van der Waals surface area contributed by atoms with E-state index in [0.29, 0.717) is 37.9 Å². The van der Waals surface area contributed by atoms with Gasteiger partial charge in [0.15, 0.2) is 0 Å². The molecule has 4 rings (SSSR count). The van der Waals surface area contributed by atoms with E-state index < -0.39 is 17.3 Å². The molecule has 1 heterocycles. The minimum absolute atomic E-state index is 0.0412. The Morgan fingerprint density at radius 2 is 1.70 bits per heavy atom. The van der Waals surface area contributed by atoms with E-state index in [1.165, 1.54) is 14.2 Å². The molecule has 10 heteroatoms. The number of esters is 1. The lowest BCUT2D eigenvalue weighted by atomic mass is 9.62. The average Bonchev–Trinajstić information content (AvgIpc) is 3.05. The summed E-state index contributed by atoms with van der Waals surface area (Å²) in [7, 11) is 4.54. The van der Waals surface area contributed by atoms with Crippen LogP contribution < -0.4 is 15.4 Å². The minimum Gasteiger partial charge on any atom is -0.480 e. The Morgan fingerprint density at radius 1 is 0.953 bits per heavy atom. The number of hydrogen-bond acceptors (Lipinski definition) is 7. The Bertz CT molecular complexity index is 1450. The molecule has 3 amide bonds. The summed E-state index contributed by atoms with van der Waals surface area (Å²) in [5, 5.41) is 5.81. The van der Waals surface area contributed by atoms with E-state index in [0.717, 1.165) is 16.7 Å². The number of likely N-dealkylation sites (N-methyl/N-ethyl adjacent to an activating group) is 1. The molecule has 10 nitrogen and oxygen atoms in total. The maximum absolute atomic E-state index is 13.9. The number of amides is 3. The number of rotatable bonds is 12. The molecule has 0 spiro atoms. The molecule has 0 aliphatic heterocycles. The summed E-state index contributed by atoms with van der Waals surface area (Å²) in [6, 6.07) is 20.5. The molecule has 0 radical (unpaired) electrons. The Kier molecular flexibility index (Phi) is 10.5. The number of pyridine rings is 1. The fourth-order valence-electron chi connectivity index (χ4n) is 5.73. The third-order valence-electron chi connectivity index (χ3n) is 7.94. The van der Waals surface area contributed by atoms with Crippen molar-refractivity contribution in [3.05, 3.63) is 95.2 Å². The number of ether oxygens (including phenoxy) is 2. The highest BCUT2D eigenvalue weighted by Gasteiger charge is 2.48. The molecule has 1 aliphatic carbocycles. The predicted molar refractivity (Wildman–Crippen MR) is 161 cm³/mol. The lowest BCUT2D eigenvalue weighted by molar-refractivity contribution is -0.140. The maximum Gasteiger partial charge on any atom is 0.307 e. The van der Waals surface area contributed by atoms with Gasteiger partial charge in [-0.1, -0.05) is 54.6 Å². The van der Waals surface area contributed by atoms with Crippen LogP contribution in [0, 0.1) is 0 Å². The maximum atomic E-state index is 13.9. The fraction of sp³-hybridized carbons (Fsp3) is 0.364. The zero-order chi connectivity index (χ0) is 30.8. The fourth-order valence-corrected chi connectivity index (χ4v) is 5.73. The smallest absolute Gasteiger partial charge is 0.307 e. The SMILES string of the molecule is COC(=O)CCNC(=O)[C@]1(c2ccccc2)CC[C@@H](C(=O)N(C)CCCNC(=O)c2cccnc2OC)c2ccccc21. The normalized spacial score (nSPS) is 17.2. The van der Waals surface area contributed by atoms with E-state index in [2.05, 4.69) is 15.6 Å². The number of carbonyl (C=O) groups excluding carboxylic acids is 4. The van der Waals surface area contributed by atoms with Gasteiger partial charge in [-0.05, 0) is 48.1 Å². The summed E-state index contributed by atoms with van der Waals surface area (Å²) in [5.41, 5.74) is 1.77. The summed E-state index contributed by atoms with van der Waals surface area (Å²) in [4.78, 5) is 57.7. The third kappa shape index (κ3) is 6.85. The van der Waals surface area contributed by atoms with Gasteiger partial charge in [0.05, 0.1) is 32.0 Å². The molecule has 0 bridgehead atoms. The van der Waals surface area contributed by atoms with E-state index >= 15 is 0 Å².